The highest BCUT2D eigenvalue weighted by Crippen LogP contribution is 2.38. The first-order valence-electron chi connectivity index (χ1n) is 8.86. The van der Waals surface area contributed by atoms with Crippen LogP contribution in [0.5, 0.6) is 11.5 Å². The monoisotopic (exact) mass is 521 g/mol. The van der Waals surface area contributed by atoms with E-state index in [9.17, 15) is 9.59 Å². The Labute approximate surface area is 184 Å². The van der Waals surface area contributed by atoms with Crippen molar-refractivity contribution in [3.05, 3.63) is 62.2 Å². The van der Waals surface area contributed by atoms with Gasteiger partial charge in [-0.05, 0) is 64.8 Å². The Morgan fingerprint density at radius 3 is 2.69 bits per heavy atom. The molecule has 0 radical (unpaired) electrons. The Balaban J connectivity index is 1.96. The summed E-state index contributed by atoms with van der Waals surface area (Å²) in [6.07, 6.45) is 1.83. The number of hydrogen-bond donors (Lipinski definition) is 0. The van der Waals surface area contributed by atoms with Crippen LogP contribution < -0.4 is 9.47 Å². The lowest BCUT2D eigenvalue weighted by Crippen LogP contribution is -2.08. The maximum atomic E-state index is 12.3. The topological polar surface area (TPSA) is 74.2 Å². The molecule has 1 heterocycles. The number of rotatable bonds is 6. The van der Waals surface area contributed by atoms with Gasteiger partial charge in [-0.15, -0.1) is 0 Å². The number of carbonyl (C=O) groups is 2. The van der Waals surface area contributed by atoms with Gasteiger partial charge < -0.3 is 14.2 Å². The normalized spacial score (nSPS) is 14.6. The molecule has 0 fully saturated rings. The van der Waals surface area contributed by atoms with Crippen LogP contribution in [0.25, 0.3) is 6.08 Å². The lowest BCUT2D eigenvalue weighted by atomic mass is 10.1. The summed E-state index contributed by atoms with van der Waals surface area (Å²) < 4.78 is 17.6. The zero-order valence-corrected chi connectivity index (χ0v) is 18.9. The van der Waals surface area contributed by atoms with Crippen LogP contribution in [-0.4, -0.2) is 24.4 Å². The molecule has 0 saturated heterocycles. The Morgan fingerprint density at radius 2 is 2.00 bits per heavy atom. The van der Waals surface area contributed by atoms with Crippen LogP contribution in [0.3, 0.4) is 0 Å². The molecule has 150 valence electrons. The minimum absolute atomic E-state index is 0.160. The van der Waals surface area contributed by atoms with E-state index in [4.69, 9.17) is 14.2 Å². The molecule has 2 aromatic rings. The molecule has 3 rings (SSSR count). The minimum Gasteiger partial charge on any atom is -0.490 e. The molecule has 0 aromatic heterocycles. The van der Waals surface area contributed by atoms with E-state index in [0.717, 1.165) is 4.47 Å². The van der Waals surface area contributed by atoms with Crippen LogP contribution in [0.15, 0.2) is 56.0 Å². The van der Waals surface area contributed by atoms with Crippen LogP contribution in [0.4, 0.5) is 0 Å². The van der Waals surface area contributed by atoms with Gasteiger partial charge in [0, 0.05) is 16.5 Å². The molecule has 1 aliphatic heterocycles. The first-order chi connectivity index (χ1) is 13.9. The maximum Gasteiger partial charge on any atom is 0.363 e. The molecule has 29 heavy (non-hydrogen) atoms. The molecular weight excluding hydrogens is 506 g/mol. The van der Waals surface area contributed by atoms with E-state index >= 15 is 0 Å². The van der Waals surface area contributed by atoms with E-state index < -0.39 is 5.97 Å². The standard InChI is InChI=1S/C21H17Br2NO5/c1-3-18(25)28-19-15(23)8-12(10-17(19)27-4-2)9-16-21(26)29-20(24-16)13-6-5-7-14(22)11-13/h5-11H,3-4H2,1-2H3/b16-9-. The second-order valence-corrected chi connectivity index (χ2v) is 7.71. The summed E-state index contributed by atoms with van der Waals surface area (Å²) in [6, 6.07) is 10.7. The van der Waals surface area contributed by atoms with Crippen molar-refractivity contribution in [3.8, 4) is 11.5 Å². The SMILES string of the molecule is CCOc1cc(/C=C2\N=C(c3cccc(Br)c3)OC2=O)cc(Br)c1OC(=O)CC. The number of carbonyl (C=O) groups excluding carboxylic acids is 2. The number of benzene rings is 2. The van der Waals surface area contributed by atoms with Crippen molar-refractivity contribution in [2.24, 2.45) is 4.99 Å². The highest BCUT2D eigenvalue weighted by Gasteiger charge is 2.25. The number of hydrogen-bond acceptors (Lipinski definition) is 6. The third-order valence-corrected chi connectivity index (χ3v) is 4.91. The van der Waals surface area contributed by atoms with E-state index in [1.807, 2.05) is 25.1 Å². The maximum absolute atomic E-state index is 12.3. The molecule has 0 bridgehead atoms. The summed E-state index contributed by atoms with van der Waals surface area (Å²) in [6.45, 7) is 3.92. The van der Waals surface area contributed by atoms with E-state index in [1.165, 1.54) is 0 Å². The molecule has 1 aliphatic rings. The van der Waals surface area contributed by atoms with Gasteiger partial charge in [0.2, 0.25) is 5.90 Å². The summed E-state index contributed by atoms with van der Waals surface area (Å²) in [7, 11) is 0. The lowest BCUT2D eigenvalue weighted by Gasteiger charge is -2.13. The van der Waals surface area contributed by atoms with Crippen molar-refractivity contribution in [2.45, 2.75) is 20.3 Å². The summed E-state index contributed by atoms with van der Waals surface area (Å²) in [5, 5.41) is 0. The van der Waals surface area contributed by atoms with Gasteiger partial charge in [0.25, 0.3) is 0 Å². The van der Waals surface area contributed by atoms with Crippen molar-refractivity contribution in [1.29, 1.82) is 0 Å². The van der Waals surface area contributed by atoms with Crippen LogP contribution >= 0.6 is 31.9 Å². The van der Waals surface area contributed by atoms with Crippen LogP contribution in [0.2, 0.25) is 0 Å². The fraction of sp³-hybridized carbons (Fsp3) is 0.190. The van der Waals surface area contributed by atoms with E-state index in [1.54, 1.807) is 31.2 Å². The van der Waals surface area contributed by atoms with E-state index in [2.05, 4.69) is 36.9 Å². The van der Waals surface area contributed by atoms with Crippen molar-refractivity contribution in [3.63, 3.8) is 0 Å². The van der Waals surface area contributed by atoms with Gasteiger partial charge in [-0.25, -0.2) is 9.79 Å². The van der Waals surface area contributed by atoms with Gasteiger partial charge in [0.15, 0.2) is 17.2 Å². The van der Waals surface area contributed by atoms with E-state index in [-0.39, 0.29) is 24.0 Å². The molecule has 0 spiro atoms. The average Bonchev–Trinajstić information content (AvgIpc) is 3.05. The summed E-state index contributed by atoms with van der Waals surface area (Å²) in [5.41, 5.74) is 1.49. The van der Waals surface area contributed by atoms with Crippen LogP contribution in [0, 0.1) is 0 Å². The molecule has 8 heteroatoms. The molecule has 2 aromatic carbocycles. The second-order valence-electron chi connectivity index (χ2n) is 5.94. The smallest absolute Gasteiger partial charge is 0.363 e. The number of esters is 2. The zero-order chi connectivity index (χ0) is 21.0. The number of cyclic esters (lactones) is 1. The third-order valence-electron chi connectivity index (χ3n) is 3.83. The minimum atomic E-state index is -0.546. The van der Waals surface area contributed by atoms with E-state index in [0.29, 0.717) is 33.7 Å². The van der Waals surface area contributed by atoms with Gasteiger partial charge in [-0.1, -0.05) is 28.9 Å². The van der Waals surface area contributed by atoms with Crippen molar-refractivity contribution >= 4 is 55.8 Å². The van der Waals surface area contributed by atoms with Crippen molar-refractivity contribution in [1.82, 2.24) is 0 Å². The number of ether oxygens (including phenoxy) is 3. The molecule has 0 atom stereocenters. The Hall–Kier alpha value is -2.45. The number of nitrogens with zero attached hydrogens (tertiary/aromatic N) is 1. The van der Waals surface area contributed by atoms with Crippen molar-refractivity contribution < 1.29 is 23.8 Å². The van der Waals surface area contributed by atoms with Gasteiger partial charge in [-0.2, -0.15) is 0 Å². The molecule has 6 nitrogen and oxygen atoms in total. The first-order valence-corrected chi connectivity index (χ1v) is 10.4. The number of aliphatic imine (C=N–C) groups is 1. The molecular formula is C21H17Br2NO5. The van der Waals surface area contributed by atoms with Crippen LogP contribution in [0.1, 0.15) is 31.4 Å². The highest BCUT2D eigenvalue weighted by atomic mass is 79.9. The molecule has 0 unspecified atom stereocenters. The predicted octanol–water partition coefficient (Wildman–Crippen LogP) is 5.27. The largest absolute Gasteiger partial charge is 0.490 e. The quantitative estimate of drug-likeness (QED) is 0.293. The Bertz CT molecular complexity index is 1030. The summed E-state index contributed by atoms with van der Waals surface area (Å²) >= 11 is 6.79. The zero-order valence-electron chi connectivity index (χ0n) is 15.7. The predicted molar refractivity (Wildman–Crippen MR) is 116 cm³/mol. The highest BCUT2D eigenvalue weighted by molar-refractivity contribution is 9.10. The molecule has 0 saturated carbocycles. The average molecular weight is 523 g/mol. The fourth-order valence-electron chi connectivity index (χ4n) is 2.53. The van der Waals surface area contributed by atoms with Gasteiger partial charge in [0.05, 0.1) is 11.1 Å². The van der Waals surface area contributed by atoms with Gasteiger partial charge in [-0.3, -0.25) is 4.79 Å². The first kappa shape index (κ1) is 21.3. The van der Waals surface area contributed by atoms with Gasteiger partial charge in [0.1, 0.15) is 0 Å². The summed E-state index contributed by atoms with van der Waals surface area (Å²) in [5.74, 6) is 0.00216. The lowest BCUT2D eigenvalue weighted by molar-refractivity contribution is -0.134. The Kier molecular flexibility index (Phi) is 6.87. The second kappa shape index (κ2) is 9.37. The van der Waals surface area contributed by atoms with Gasteiger partial charge >= 0.3 is 11.9 Å². The molecule has 0 amide bonds. The molecule has 0 aliphatic carbocycles. The Morgan fingerprint density at radius 1 is 1.21 bits per heavy atom. The summed E-state index contributed by atoms with van der Waals surface area (Å²) in [4.78, 5) is 28.3. The molecule has 0 N–H and O–H groups in total. The third kappa shape index (κ3) is 5.13. The van der Waals surface area contributed by atoms with Crippen LogP contribution in [-0.2, 0) is 14.3 Å². The number of halogens is 2. The van der Waals surface area contributed by atoms with Crippen molar-refractivity contribution in [2.75, 3.05) is 6.61 Å². The fourth-order valence-corrected chi connectivity index (χ4v) is 3.47.